The third-order valence-corrected chi connectivity index (χ3v) is 6.32. The zero-order valence-electron chi connectivity index (χ0n) is 19.3. The van der Waals surface area contributed by atoms with Crippen molar-refractivity contribution in [2.45, 2.75) is 6.54 Å². The number of aromatic nitrogens is 3. The number of ether oxygens (including phenoxy) is 2. The van der Waals surface area contributed by atoms with Crippen LogP contribution in [0.15, 0.2) is 65.5 Å². The molecule has 0 radical (unpaired) electrons. The van der Waals surface area contributed by atoms with E-state index in [0.717, 1.165) is 5.56 Å². The van der Waals surface area contributed by atoms with Gasteiger partial charge in [-0.15, -0.1) is 0 Å². The predicted octanol–water partition coefficient (Wildman–Crippen LogP) is 4.55. The molecule has 2 aromatic heterocycles. The molecule has 3 aromatic carbocycles. The molecule has 0 amide bonds. The van der Waals surface area contributed by atoms with Crippen LogP contribution in [-0.4, -0.2) is 33.5 Å². The molecular weight excluding hydrogens is 486 g/mol. The zero-order valence-corrected chi connectivity index (χ0v) is 20.0. The van der Waals surface area contributed by atoms with Crippen molar-refractivity contribution in [2.75, 3.05) is 20.0 Å². The van der Waals surface area contributed by atoms with Crippen LogP contribution in [0.2, 0.25) is 5.02 Å². The number of non-ortho nitro benzene ring substituents is 1. The lowest BCUT2D eigenvalue weighted by molar-refractivity contribution is -0.384. The Labute approximate surface area is 209 Å². The van der Waals surface area contributed by atoms with Gasteiger partial charge in [0.05, 0.1) is 41.9 Å². The van der Waals surface area contributed by atoms with Gasteiger partial charge in [0, 0.05) is 23.6 Å². The second-order valence-corrected chi connectivity index (χ2v) is 8.44. The molecular formula is C25H20ClN5O5. The topological polar surface area (TPSA) is 127 Å². The maximum absolute atomic E-state index is 13.8. The molecule has 10 nitrogen and oxygen atoms in total. The second-order valence-electron chi connectivity index (χ2n) is 8.04. The van der Waals surface area contributed by atoms with Gasteiger partial charge in [-0.25, -0.2) is 4.68 Å². The number of benzene rings is 3. The van der Waals surface area contributed by atoms with Crippen LogP contribution in [0.25, 0.3) is 27.5 Å². The number of nitrogens with two attached hydrogens (primary N) is 1. The second kappa shape index (κ2) is 8.90. The highest BCUT2D eigenvalue weighted by molar-refractivity contribution is 6.32. The van der Waals surface area contributed by atoms with Crippen LogP contribution in [0, 0.1) is 10.1 Å². The fourth-order valence-corrected chi connectivity index (χ4v) is 4.37. The van der Waals surface area contributed by atoms with Gasteiger partial charge in [0.1, 0.15) is 28.2 Å². The monoisotopic (exact) mass is 505 g/mol. The number of rotatable bonds is 6. The summed E-state index contributed by atoms with van der Waals surface area (Å²) < 4.78 is 13.4. The number of nitro benzene ring substituents is 1. The van der Waals surface area contributed by atoms with E-state index in [1.54, 1.807) is 43.5 Å². The van der Waals surface area contributed by atoms with Crippen molar-refractivity contribution in [3.05, 3.63) is 91.7 Å². The summed E-state index contributed by atoms with van der Waals surface area (Å²) >= 11 is 6.42. The van der Waals surface area contributed by atoms with Crippen molar-refractivity contribution in [3.63, 3.8) is 0 Å². The van der Waals surface area contributed by atoms with E-state index in [-0.39, 0.29) is 23.4 Å². The first kappa shape index (κ1) is 23.2. The van der Waals surface area contributed by atoms with Crippen LogP contribution in [0.4, 0.5) is 11.5 Å². The van der Waals surface area contributed by atoms with Crippen LogP contribution in [-0.2, 0) is 6.54 Å². The van der Waals surface area contributed by atoms with Crippen LogP contribution in [0.5, 0.6) is 11.5 Å². The molecule has 2 heterocycles. The lowest BCUT2D eigenvalue weighted by Gasteiger charge is -2.12. The predicted molar refractivity (Wildman–Crippen MR) is 138 cm³/mol. The molecule has 5 aromatic rings. The van der Waals surface area contributed by atoms with Gasteiger partial charge in [0.25, 0.3) is 11.2 Å². The van der Waals surface area contributed by atoms with Gasteiger partial charge in [-0.1, -0.05) is 23.7 Å². The number of methoxy groups -OCH3 is 2. The number of anilines is 1. The van der Waals surface area contributed by atoms with Gasteiger partial charge in [-0.05, 0) is 35.9 Å². The summed E-state index contributed by atoms with van der Waals surface area (Å²) in [5, 5.41) is 17.2. The van der Waals surface area contributed by atoms with Gasteiger partial charge >= 0.3 is 0 Å². The van der Waals surface area contributed by atoms with Crippen molar-refractivity contribution >= 4 is 44.9 Å². The Bertz CT molecular complexity index is 1710. The Morgan fingerprint density at radius 3 is 2.39 bits per heavy atom. The first-order chi connectivity index (χ1) is 17.3. The molecule has 2 N–H and O–H groups in total. The van der Waals surface area contributed by atoms with Gasteiger partial charge < -0.3 is 19.8 Å². The van der Waals surface area contributed by atoms with E-state index in [2.05, 4.69) is 5.10 Å². The van der Waals surface area contributed by atoms with Gasteiger partial charge in [-0.3, -0.25) is 14.9 Å². The SMILES string of the molecule is COc1ccc(Cn2c(=O)c3c(N)n(-c4cc(OC)ccc4Cl)nc3c3ccc([N+](=O)[O-])cc32)cc1. The molecule has 0 saturated heterocycles. The minimum atomic E-state index is -0.505. The molecule has 0 bridgehead atoms. The fourth-order valence-electron chi connectivity index (χ4n) is 4.17. The minimum absolute atomic E-state index is 0.0916. The van der Waals surface area contributed by atoms with E-state index in [1.165, 1.54) is 28.5 Å². The number of fused-ring (bicyclic) bond motifs is 3. The number of halogens is 1. The molecule has 182 valence electrons. The average molecular weight is 506 g/mol. The number of pyridine rings is 1. The Kier molecular flexibility index (Phi) is 5.73. The first-order valence-electron chi connectivity index (χ1n) is 10.8. The number of hydrogen-bond acceptors (Lipinski definition) is 7. The summed E-state index contributed by atoms with van der Waals surface area (Å²) in [6, 6.07) is 16.5. The summed E-state index contributed by atoms with van der Waals surface area (Å²) in [6.07, 6.45) is 0. The fraction of sp³-hybridized carbons (Fsp3) is 0.120. The zero-order chi connectivity index (χ0) is 25.6. The molecule has 0 aliphatic rings. The van der Waals surface area contributed by atoms with Crippen molar-refractivity contribution in [3.8, 4) is 17.2 Å². The molecule has 0 aliphatic carbocycles. The van der Waals surface area contributed by atoms with Crippen LogP contribution >= 0.6 is 11.6 Å². The van der Waals surface area contributed by atoms with E-state index >= 15 is 0 Å². The highest BCUT2D eigenvalue weighted by atomic mass is 35.5. The number of nitro groups is 1. The highest BCUT2D eigenvalue weighted by Gasteiger charge is 2.22. The van der Waals surface area contributed by atoms with E-state index in [9.17, 15) is 14.9 Å². The van der Waals surface area contributed by atoms with E-state index < -0.39 is 10.5 Å². The number of hydrogen-bond donors (Lipinski definition) is 1. The third-order valence-electron chi connectivity index (χ3n) is 6.00. The van der Waals surface area contributed by atoms with Gasteiger partial charge in [-0.2, -0.15) is 5.10 Å². The maximum Gasteiger partial charge on any atom is 0.271 e. The Morgan fingerprint density at radius 2 is 1.72 bits per heavy atom. The average Bonchev–Trinajstić information content (AvgIpc) is 3.24. The lowest BCUT2D eigenvalue weighted by atomic mass is 10.1. The molecule has 0 spiro atoms. The van der Waals surface area contributed by atoms with Crippen LogP contribution in [0.3, 0.4) is 0 Å². The summed E-state index contributed by atoms with van der Waals surface area (Å²) in [7, 11) is 3.09. The van der Waals surface area contributed by atoms with E-state index in [0.29, 0.717) is 38.6 Å². The number of nitrogens with zero attached hydrogens (tertiary/aromatic N) is 4. The van der Waals surface area contributed by atoms with Gasteiger partial charge in [0.15, 0.2) is 0 Å². The summed E-state index contributed by atoms with van der Waals surface area (Å²) in [6.45, 7) is 0.154. The molecule has 0 saturated carbocycles. The first-order valence-corrected chi connectivity index (χ1v) is 11.2. The van der Waals surface area contributed by atoms with Crippen molar-refractivity contribution in [1.82, 2.24) is 14.3 Å². The van der Waals surface area contributed by atoms with Crippen molar-refractivity contribution < 1.29 is 14.4 Å². The normalized spacial score (nSPS) is 11.2. The molecule has 0 aliphatic heterocycles. The van der Waals surface area contributed by atoms with Crippen molar-refractivity contribution in [2.24, 2.45) is 0 Å². The summed E-state index contributed by atoms with van der Waals surface area (Å²) in [5.74, 6) is 1.29. The Morgan fingerprint density at radius 1 is 1.03 bits per heavy atom. The molecule has 0 unspecified atom stereocenters. The van der Waals surface area contributed by atoms with Crippen LogP contribution < -0.4 is 20.8 Å². The van der Waals surface area contributed by atoms with Gasteiger partial charge in [0.2, 0.25) is 0 Å². The van der Waals surface area contributed by atoms with E-state index in [4.69, 9.17) is 26.8 Å². The molecule has 0 fully saturated rings. The largest absolute Gasteiger partial charge is 0.497 e. The number of nitrogen functional groups attached to an aromatic ring is 1. The lowest BCUT2D eigenvalue weighted by Crippen LogP contribution is -2.22. The van der Waals surface area contributed by atoms with Crippen molar-refractivity contribution in [1.29, 1.82) is 0 Å². The van der Waals surface area contributed by atoms with Crippen LogP contribution in [0.1, 0.15) is 5.56 Å². The summed E-state index contributed by atoms with van der Waals surface area (Å²) in [5.41, 5.74) is 7.79. The maximum atomic E-state index is 13.8. The molecule has 5 rings (SSSR count). The quantitative estimate of drug-likeness (QED) is 0.265. The van der Waals surface area contributed by atoms with E-state index in [1.807, 2.05) is 12.1 Å². The molecule has 36 heavy (non-hydrogen) atoms. The summed E-state index contributed by atoms with van der Waals surface area (Å²) in [4.78, 5) is 24.8. The third kappa shape index (κ3) is 3.77. The standard InChI is InChI=1S/C25H20ClN5O5/c1-35-16-6-3-14(4-7-16)13-29-20-11-15(31(33)34)5-9-18(20)23-22(25(29)32)24(27)30(28-23)21-12-17(36-2)8-10-19(21)26/h3-12H,13,27H2,1-2H3. The minimum Gasteiger partial charge on any atom is -0.497 e. The smallest absolute Gasteiger partial charge is 0.271 e. The molecule has 11 heteroatoms. The highest BCUT2D eigenvalue weighted by Crippen LogP contribution is 2.33. The Balaban J connectivity index is 1.82. The Hall–Kier alpha value is -4.57. The molecule has 0 atom stereocenters.